The van der Waals surface area contributed by atoms with E-state index in [1.165, 1.54) is 23.6 Å². The van der Waals surface area contributed by atoms with Crippen molar-refractivity contribution in [3.05, 3.63) is 60.2 Å². The first-order valence-corrected chi connectivity index (χ1v) is 13.6. The van der Waals surface area contributed by atoms with Crippen LogP contribution in [0.3, 0.4) is 0 Å². The molecule has 2 fully saturated rings. The number of carbonyl (C=O) groups excluding carboxylic acids is 1. The minimum atomic E-state index is -3.71. The summed E-state index contributed by atoms with van der Waals surface area (Å²) >= 11 is 0. The van der Waals surface area contributed by atoms with Crippen molar-refractivity contribution < 1.29 is 23.2 Å². The summed E-state index contributed by atoms with van der Waals surface area (Å²) in [5.74, 6) is -1.26. The zero-order valence-electron chi connectivity index (χ0n) is 19.3. The molecular weight excluding hydrogens is 454 g/mol. The molecule has 0 unspecified atom stereocenters. The number of anilines is 1. The highest BCUT2D eigenvalue weighted by Crippen LogP contribution is 2.32. The van der Waals surface area contributed by atoms with Gasteiger partial charge in [-0.3, -0.25) is 10.0 Å². The molecule has 9 heteroatoms. The standard InChI is InChI=1S/C25H33N3O5S/c29-25(26-30)22(20-9-3-1-4-10-20)19-34(31,32)28-17-13-21(14-18-28)33-24-12-6-5-11-23(24)27-15-7-2-8-16-27/h1,3-6,9-12,21-22,30H,2,7-8,13-19H2,(H,26,29)/t22-/m1/s1. The predicted molar refractivity (Wildman–Crippen MR) is 131 cm³/mol. The van der Waals surface area contributed by atoms with E-state index in [9.17, 15) is 13.2 Å². The van der Waals surface area contributed by atoms with Gasteiger partial charge >= 0.3 is 0 Å². The van der Waals surface area contributed by atoms with Crippen molar-refractivity contribution >= 4 is 21.6 Å². The number of ether oxygens (including phenoxy) is 1. The van der Waals surface area contributed by atoms with Crippen LogP contribution in [-0.2, 0) is 14.8 Å². The van der Waals surface area contributed by atoms with Crippen LogP contribution in [0.1, 0.15) is 43.6 Å². The van der Waals surface area contributed by atoms with Crippen LogP contribution in [0.4, 0.5) is 5.69 Å². The summed E-state index contributed by atoms with van der Waals surface area (Å²) in [6.07, 6.45) is 4.72. The second kappa shape index (κ2) is 11.2. The van der Waals surface area contributed by atoms with Crippen molar-refractivity contribution in [3.8, 4) is 5.75 Å². The van der Waals surface area contributed by atoms with Crippen LogP contribution in [0, 0.1) is 0 Å². The summed E-state index contributed by atoms with van der Waals surface area (Å²) in [6.45, 7) is 2.73. The molecular formula is C25H33N3O5S. The maximum atomic E-state index is 13.1. The van der Waals surface area contributed by atoms with Gasteiger partial charge in [-0.15, -0.1) is 0 Å². The number of nitrogens with one attached hydrogen (secondary N) is 1. The average Bonchev–Trinajstić information content (AvgIpc) is 2.88. The normalized spacial score (nSPS) is 18.9. The summed E-state index contributed by atoms with van der Waals surface area (Å²) in [7, 11) is -3.71. The molecule has 2 aliphatic heterocycles. The van der Waals surface area contributed by atoms with Gasteiger partial charge in [0.05, 0.1) is 17.4 Å². The van der Waals surface area contributed by atoms with E-state index in [1.807, 2.05) is 18.2 Å². The molecule has 0 spiro atoms. The number of benzene rings is 2. The first-order valence-electron chi connectivity index (χ1n) is 12.0. The number of sulfonamides is 1. The third-order valence-electron chi connectivity index (χ3n) is 6.66. The monoisotopic (exact) mass is 487 g/mol. The largest absolute Gasteiger partial charge is 0.488 e. The molecule has 0 aliphatic carbocycles. The Morgan fingerprint density at radius 2 is 1.62 bits per heavy atom. The fraction of sp³-hybridized carbons (Fsp3) is 0.480. The van der Waals surface area contributed by atoms with Gasteiger partial charge in [0.2, 0.25) is 10.0 Å². The maximum absolute atomic E-state index is 13.1. The van der Waals surface area contributed by atoms with Gasteiger partial charge in [-0.2, -0.15) is 0 Å². The number of hydrogen-bond acceptors (Lipinski definition) is 6. The number of piperidine rings is 2. The van der Waals surface area contributed by atoms with Gasteiger partial charge in [0, 0.05) is 26.2 Å². The molecule has 2 heterocycles. The molecule has 2 aromatic carbocycles. The molecule has 0 aromatic heterocycles. The predicted octanol–water partition coefficient (Wildman–Crippen LogP) is 3.14. The van der Waals surface area contributed by atoms with Gasteiger partial charge in [0.1, 0.15) is 11.9 Å². The van der Waals surface area contributed by atoms with Gasteiger partial charge in [-0.05, 0) is 49.8 Å². The zero-order valence-corrected chi connectivity index (χ0v) is 20.1. The molecule has 8 nitrogen and oxygen atoms in total. The molecule has 1 atom stereocenters. The Labute approximate surface area is 201 Å². The molecule has 0 saturated carbocycles. The number of hydrogen-bond donors (Lipinski definition) is 2. The molecule has 2 saturated heterocycles. The number of nitrogens with zero attached hydrogens (tertiary/aromatic N) is 2. The van der Waals surface area contributed by atoms with Crippen LogP contribution in [0.5, 0.6) is 5.75 Å². The van der Waals surface area contributed by atoms with Crippen molar-refractivity contribution in [1.82, 2.24) is 9.79 Å². The fourth-order valence-corrected chi connectivity index (χ4v) is 6.51. The minimum Gasteiger partial charge on any atom is -0.488 e. The summed E-state index contributed by atoms with van der Waals surface area (Å²) in [6, 6.07) is 16.7. The molecule has 34 heavy (non-hydrogen) atoms. The Balaban J connectivity index is 1.38. The highest BCUT2D eigenvalue weighted by atomic mass is 32.2. The molecule has 2 aromatic rings. The highest BCUT2D eigenvalue weighted by Gasteiger charge is 2.34. The minimum absolute atomic E-state index is 0.0666. The lowest BCUT2D eigenvalue weighted by molar-refractivity contribution is -0.130. The Morgan fingerprint density at radius 1 is 0.971 bits per heavy atom. The van der Waals surface area contributed by atoms with Gasteiger partial charge in [-0.1, -0.05) is 42.5 Å². The summed E-state index contributed by atoms with van der Waals surface area (Å²) in [4.78, 5) is 14.6. The van der Waals surface area contributed by atoms with Gasteiger partial charge in [-0.25, -0.2) is 18.2 Å². The van der Waals surface area contributed by atoms with Gasteiger partial charge < -0.3 is 9.64 Å². The van der Waals surface area contributed by atoms with E-state index in [1.54, 1.807) is 35.8 Å². The van der Waals surface area contributed by atoms with E-state index in [0.29, 0.717) is 31.5 Å². The second-order valence-electron chi connectivity index (χ2n) is 8.95. The van der Waals surface area contributed by atoms with E-state index in [0.717, 1.165) is 24.5 Å². The van der Waals surface area contributed by atoms with Crippen molar-refractivity contribution in [1.29, 1.82) is 0 Å². The van der Waals surface area contributed by atoms with Crippen molar-refractivity contribution in [2.24, 2.45) is 0 Å². The van der Waals surface area contributed by atoms with E-state index < -0.39 is 27.6 Å². The van der Waals surface area contributed by atoms with Crippen LogP contribution >= 0.6 is 0 Å². The third-order valence-corrected chi connectivity index (χ3v) is 8.56. The molecule has 0 radical (unpaired) electrons. The lowest BCUT2D eigenvalue weighted by atomic mass is 10.0. The summed E-state index contributed by atoms with van der Waals surface area (Å²) < 4.78 is 34.0. The van der Waals surface area contributed by atoms with Crippen molar-refractivity contribution in [2.75, 3.05) is 36.8 Å². The van der Waals surface area contributed by atoms with Crippen LogP contribution in [0.2, 0.25) is 0 Å². The van der Waals surface area contributed by atoms with E-state index in [4.69, 9.17) is 9.94 Å². The lowest BCUT2D eigenvalue weighted by Crippen LogP contribution is -2.44. The van der Waals surface area contributed by atoms with E-state index in [-0.39, 0.29) is 6.10 Å². The fourth-order valence-electron chi connectivity index (χ4n) is 4.76. The molecule has 2 N–H and O–H groups in total. The van der Waals surface area contributed by atoms with Crippen LogP contribution in [0.15, 0.2) is 54.6 Å². The number of carbonyl (C=O) groups is 1. The van der Waals surface area contributed by atoms with Crippen molar-refractivity contribution in [2.45, 2.75) is 44.1 Å². The Kier molecular flexibility index (Phi) is 8.07. The first-order chi connectivity index (χ1) is 16.5. The first kappa shape index (κ1) is 24.5. The highest BCUT2D eigenvalue weighted by molar-refractivity contribution is 7.89. The van der Waals surface area contributed by atoms with Crippen LogP contribution < -0.4 is 15.1 Å². The third kappa shape index (κ3) is 5.89. The molecule has 4 rings (SSSR count). The lowest BCUT2D eigenvalue weighted by Gasteiger charge is -2.34. The average molecular weight is 488 g/mol. The number of rotatable bonds is 8. The Morgan fingerprint density at radius 3 is 2.29 bits per heavy atom. The SMILES string of the molecule is O=C(NO)[C@H](CS(=O)(=O)N1CCC(Oc2ccccc2N2CCCCC2)CC1)c1ccccc1. The van der Waals surface area contributed by atoms with E-state index in [2.05, 4.69) is 11.0 Å². The topological polar surface area (TPSA) is 99.2 Å². The number of hydroxylamine groups is 1. The van der Waals surface area contributed by atoms with E-state index >= 15 is 0 Å². The van der Waals surface area contributed by atoms with Crippen LogP contribution in [-0.4, -0.2) is 61.9 Å². The smallest absolute Gasteiger partial charge is 0.251 e. The maximum Gasteiger partial charge on any atom is 0.251 e. The summed E-state index contributed by atoms with van der Waals surface area (Å²) in [5.41, 5.74) is 3.27. The molecule has 184 valence electrons. The summed E-state index contributed by atoms with van der Waals surface area (Å²) in [5, 5.41) is 9.14. The molecule has 1 amide bonds. The molecule has 0 bridgehead atoms. The quantitative estimate of drug-likeness (QED) is 0.438. The van der Waals surface area contributed by atoms with Crippen molar-refractivity contribution in [3.63, 3.8) is 0 Å². The zero-order chi connectivity index (χ0) is 24.0. The van der Waals surface area contributed by atoms with Crippen LogP contribution in [0.25, 0.3) is 0 Å². The Hall–Kier alpha value is -2.62. The molecule has 2 aliphatic rings. The van der Waals surface area contributed by atoms with Gasteiger partial charge in [0.15, 0.2) is 0 Å². The number of para-hydroxylation sites is 2. The Bertz CT molecular complexity index is 1050. The number of amides is 1. The van der Waals surface area contributed by atoms with Gasteiger partial charge in [0.25, 0.3) is 5.91 Å². The second-order valence-corrected chi connectivity index (χ2v) is 11.0.